The van der Waals surface area contributed by atoms with E-state index in [1.54, 1.807) is 6.07 Å². The number of hydrazine groups is 1. The van der Waals surface area contributed by atoms with Gasteiger partial charge in [-0.05, 0) is 30.7 Å². The maximum absolute atomic E-state index is 12.2. The van der Waals surface area contributed by atoms with Crippen molar-refractivity contribution in [3.63, 3.8) is 0 Å². The number of benzene rings is 1. The average molecular weight is 267 g/mol. The molecule has 0 unspecified atom stereocenters. The summed E-state index contributed by atoms with van der Waals surface area (Å²) in [5.74, 6) is 5.55. The van der Waals surface area contributed by atoms with Crippen LogP contribution < -0.4 is 16.0 Å². The third-order valence-corrected chi connectivity index (χ3v) is 2.72. The number of nitrogens with two attached hydrogens (primary N) is 1. The average Bonchev–Trinajstić information content (AvgIpc) is 2.38. The lowest BCUT2D eigenvalue weighted by molar-refractivity contribution is -0.0497. The molecule has 6 heteroatoms. The summed E-state index contributed by atoms with van der Waals surface area (Å²) in [7, 11) is 0. The number of ether oxygens (including phenoxy) is 1. The van der Waals surface area contributed by atoms with E-state index in [0.29, 0.717) is 16.6 Å². The number of pyridine rings is 1. The summed E-state index contributed by atoms with van der Waals surface area (Å²) in [4.78, 5) is 4.46. The second-order valence-electron chi connectivity index (χ2n) is 4.11. The Kier molecular flexibility index (Phi) is 4.11. The van der Waals surface area contributed by atoms with Crippen LogP contribution in [0.3, 0.4) is 0 Å². The lowest BCUT2D eigenvalue weighted by Gasteiger charge is -2.10. The summed E-state index contributed by atoms with van der Waals surface area (Å²) < 4.78 is 28.7. The van der Waals surface area contributed by atoms with Crippen LogP contribution in [0.2, 0.25) is 0 Å². The van der Waals surface area contributed by atoms with E-state index in [1.165, 1.54) is 12.1 Å². The molecule has 19 heavy (non-hydrogen) atoms. The van der Waals surface area contributed by atoms with Crippen molar-refractivity contribution < 1.29 is 13.5 Å². The highest BCUT2D eigenvalue weighted by atomic mass is 19.3. The van der Waals surface area contributed by atoms with Crippen LogP contribution in [0.4, 0.5) is 14.5 Å². The summed E-state index contributed by atoms with van der Waals surface area (Å²) in [5.41, 5.74) is 4.82. The van der Waals surface area contributed by atoms with Crippen molar-refractivity contribution in [2.75, 3.05) is 5.43 Å². The number of rotatable bonds is 5. The molecule has 0 fully saturated rings. The predicted octanol–water partition coefficient (Wildman–Crippen LogP) is 3.07. The molecule has 0 aliphatic carbocycles. The Balaban J connectivity index is 2.49. The van der Waals surface area contributed by atoms with Crippen LogP contribution in [0.1, 0.15) is 19.0 Å². The SMILES string of the molecule is CCCc1cc(NN)c2cc(OC(F)F)ccc2n1. The Morgan fingerprint density at radius 2 is 2.16 bits per heavy atom. The molecule has 0 amide bonds. The molecular formula is C13H15F2N3O. The summed E-state index contributed by atoms with van der Waals surface area (Å²) >= 11 is 0. The number of halogens is 2. The molecule has 0 saturated heterocycles. The molecule has 2 aromatic rings. The van der Waals surface area contributed by atoms with Crippen LogP contribution in [0, 0.1) is 0 Å². The minimum absolute atomic E-state index is 0.0871. The van der Waals surface area contributed by atoms with Crippen molar-refractivity contribution >= 4 is 16.6 Å². The molecule has 1 aromatic heterocycles. The highest BCUT2D eigenvalue weighted by Crippen LogP contribution is 2.27. The quantitative estimate of drug-likeness (QED) is 0.645. The molecule has 0 bridgehead atoms. The van der Waals surface area contributed by atoms with Gasteiger partial charge >= 0.3 is 6.61 Å². The van der Waals surface area contributed by atoms with Crippen LogP contribution in [0.5, 0.6) is 5.75 Å². The van der Waals surface area contributed by atoms with Crippen LogP contribution in [0.15, 0.2) is 24.3 Å². The van der Waals surface area contributed by atoms with Crippen molar-refractivity contribution in [1.82, 2.24) is 4.98 Å². The van der Waals surface area contributed by atoms with E-state index >= 15 is 0 Å². The van der Waals surface area contributed by atoms with Gasteiger partial charge in [0.1, 0.15) is 5.75 Å². The number of fused-ring (bicyclic) bond motifs is 1. The van der Waals surface area contributed by atoms with Crippen LogP contribution in [-0.2, 0) is 6.42 Å². The van der Waals surface area contributed by atoms with E-state index in [2.05, 4.69) is 22.1 Å². The molecule has 1 heterocycles. The first-order valence-electron chi connectivity index (χ1n) is 5.99. The molecule has 0 spiro atoms. The number of anilines is 1. The van der Waals surface area contributed by atoms with Gasteiger partial charge < -0.3 is 10.2 Å². The monoisotopic (exact) mass is 267 g/mol. The maximum Gasteiger partial charge on any atom is 0.387 e. The second-order valence-corrected chi connectivity index (χ2v) is 4.11. The van der Waals surface area contributed by atoms with Crippen molar-refractivity contribution in [3.8, 4) is 5.75 Å². The summed E-state index contributed by atoms with van der Waals surface area (Å²) in [6.45, 7) is -0.792. The van der Waals surface area contributed by atoms with Gasteiger partial charge in [0.2, 0.25) is 0 Å². The van der Waals surface area contributed by atoms with Gasteiger partial charge in [0.15, 0.2) is 0 Å². The zero-order chi connectivity index (χ0) is 13.8. The van der Waals surface area contributed by atoms with E-state index in [-0.39, 0.29) is 5.75 Å². The summed E-state index contributed by atoms with van der Waals surface area (Å²) in [5, 5.41) is 0.653. The predicted molar refractivity (Wildman–Crippen MR) is 70.2 cm³/mol. The number of hydrogen-bond donors (Lipinski definition) is 2. The third kappa shape index (κ3) is 3.08. The first-order chi connectivity index (χ1) is 9.13. The van der Waals surface area contributed by atoms with E-state index in [4.69, 9.17) is 5.84 Å². The third-order valence-electron chi connectivity index (χ3n) is 2.72. The fourth-order valence-corrected chi connectivity index (χ4v) is 1.94. The van der Waals surface area contributed by atoms with E-state index in [0.717, 1.165) is 18.5 Å². The molecule has 4 nitrogen and oxygen atoms in total. The minimum atomic E-state index is -2.85. The zero-order valence-corrected chi connectivity index (χ0v) is 10.5. The molecule has 0 aliphatic heterocycles. The van der Waals surface area contributed by atoms with Gasteiger partial charge in [0, 0.05) is 11.1 Å². The van der Waals surface area contributed by atoms with Crippen molar-refractivity contribution in [1.29, 1.82) is 0 Å². The van der Waals surface area contributed by atoms with E-state index in [1.807, 2.05) is 6.07 Å². The van der Waals surface area contributed by atoms with Crippen molar-refractivity contribution in [2.45, 2.75) is 26.4 Å². The van der Waals surface area contributed by atoms with Gasteiger partial charge in [-0.15, -0.1) is 0 Å². The zero-order valence-electron chi connectivity index (χ0n) is 10.5. The van der Waals surface area contributed by atoms with Gasteiger partial charge in [-0.2, -0.15) is 8.78 Å². The lowest BCUT2D eigenvalue weighted by Crippen LogP contribution is -2.09. The number of aromatic nitrogens is 1. The van der Waals surface area contributed by atoms with Crippen molar-refractivity contribution in [3.05, 3.63) is 30.0 Å². The van der Waals surface area contributed by atoms with Crippen LogP contribution in [0.25, 0.3) is 10.9 Å². The molecule has 2 rings (SSSR count). The van der Waals surface area contributed by atoms with Crippen molar-refractivity contribution in [2.24, 2.45) is 5.84 Å². The Morgan fingerprint density at radius 3 is 2.79 bits per heavy atom. The molecule has 102 valence electrons. The number of aryl methyl sites for hydroxylation is 1. The Labute approximate surface area is 109 Å². The molecule has 3 N–H and O–H groups in total. The van der Waals surface area contributed by atoms with Crippen LogP contribution >= 0.6 is 0 Å². The lowest BCUT2D eigenvalue weighted by atomic mass is 10.1. The standard InChI is InChI=1S/C13H15F2N3O/c1-2-3-8-6-12(18-16)10-7-9(19-13(14)15)4-5-11(10)17-8/h4-7,13H,2-3,16H2,1H3,(H,17,18). The highest BCUT2D eigenvalue weighted by molar-refractivity contribution is 5.92. The van der Waals surface area contributed by atoms with Crippen LogP contribution in [-0.4, -0.2) is 11.6 Å². The number of alkyl halides is 2. The van der Waals surface area contributed by atoms with Gasteiger partial charge in [-0.1, -0.05) is 13.3 Å². The topological polar surface area (TPSA) is 60.2 Å². The van der Waals surface area contributed by atoms with E-state index in [9.17, 15) is 8.78 Å². The normalized spacial score (nSPS) is 11.0. The number of nitrogens with zero attached hydrogens (tertiary/aromatic N) is 1. The van der Waals surface area contributed by atoms with Gasteiger partial charge in [0.05, 0.1) is 11.2 Å². The molecule has 1 aromatic carbocycles. The minimum Gasteiger partial charge on any atom is -0.435 e. The highest BCUT2D eigenvalue weighted by Gasteiger charge is 2.09. The Bertz CT molecular complexity index is 575. The Hall–Kier alpha value is -1.95. The first-order valence-corrected chi connectivity index (χ1v) is 5.99. The molecular weight excluding hydrogens is 252 g/mol. The van der Waals surface area contributed by atoms with Gasteiger partial charge in [-0.3, -0.25) is 10.8 Å². The van der Waals surface area contributed by atoms with Gasteiger partial charge in [-0.25, -0.2) is 0 Å². The summed E-state index contributed by atoms with van der Waals surface area (Å²) in [6, 6.07) is 6.43. The molecule has 0 atom stereocenters. The smallest absolute Gasteiger partial charge is 0.387 e. The first kappa shape index (κ1) is 13.5. The second kappa shape index (κ2) is 5.79. The fraction of sp³-hybridized carbons (Fsp3) is 0.308. The number of nitrogen functional groups attached to an aromatic ring is 1. The summed E-state index contributed by atoms with van der Waals surface area (Å²) in [6.07, 6.45) is 1.80. The fourth-order valence-electron chi connectivity index (χ4n) is 1.94. The number of hydrogen-bond acceptors (Lipinski definition) is 4. The van der Waals surface area contributed by atoms with E-state index < -0.39 is 6.61 Å². The Morgan fingerprint density at radius 1 is 1.37 bits per heavy atom. The molecule has 0 saturated carbocycles. The number of nitrogens with one attached hydrogen (secondary N) is 1. The van der Waals surface area contributed by atoms with Gasteiger partial charge in [0.25, 0.3) is 0 Å². The molecule has 0 radical (unpaired) electrons. The largest absolute Gasteiger partial charge is 0.435 e. The molecule has 0 aliphatic rings. The maximum atomic E-state index is 12.2.